The van der Waals surface area contributed by atoms with Gasteiger partial charge in [-0.2, -0.15) is 0 Å². The molecule has 0 aliphatic carbocycles. The maximum atomic E-state index is 5.64. The Bertz CT molecular complexity index is 312. The Kier molecular flexibility index (Phi) is 6.71. The van der Waals surface area contributed by atoms with E-state index in [4.69, 9.17) is 4.74 Å². The third kappa shape index (κ3) is 6.32. The minimum atomic E-state index is 0.680. The largest absolute Gasteiger partial charge is 0.383 e. The van der Waals surface area contributed by atoms with Gasteiger partial charge in [0, 0.05) is 18.8 Å². The van der Waals surface area contributed by atoms with Crippen molar-refractivity contribution in [1.82, 2.24) is 0 Å². The van der Waals surface area contributed by atoms with Crippen molar-refractivity contribution in [2.45, 2.75) is 33.6 Å². The molecule has 0 aromatic heterocycles. The monoisotopic (exact) mass is 235 g/mol. The molecule has 2 heteroatoms. The highest BCUT2D eigenvalue weighted by Crippen LogP contribution is 2.09. The summed E-state index contributed by atoms with van der Waals surface area (Å²) in [6.45, 7) is 9.11. The van der Waals surface area contributed by atoms with E-state index >= 15 is 0 Å². The summed E-state index contributed by atoms with van der Waals surface area (Å²) in [7, 11) is 0. The van der Waals surface area contributed by atoms with Crippen LogP contribution in [0.15, 0.2) is 24.3 Å². The van der Waals surface area contributed by atoms with Gasteiger partial charge in [0.2, 0.25) is 0 Å². The van der Waals surface area contributed by atoms with Crippen molar-refractivity contribution < 1.29 is 4.74 Å². The predicted molar refractivity (Wildman–Crippen MR) is 74.6 cm³/mol. The SMILES string of the molecule is CCCC(C)COCCNc1cccc(C)c1. The Balaban J connectivity index is 2.08. The highest BCUT2D eigenvalue weighted by Gasteiger charge is 1.99. The first-order chi connectivity index (χ1) is 8.22. The average molecular weight is 235 g/mol. The molecular formula is C15H25NO. The second-order valence-corrected chi connectivity index (χ2v) is 4.77. The van der Waals surface area contributed by atoms with Crippen molar-refractivity contribution in [2.24, 2.45) is 5.92 Å². The lowest BCUT2D eigenvalue weighted by molar-refractivity contribution is 0.110. The van der Waals surface area contributed by atoms with Gasteiger partial charge in [0.05, 0.1) is 6.61 Å². The van der Waals surface area contributed by atoms with E-state index in [0.29, 0.717) is 5.92 Å². The number of rotatable bonds is 8. The van der Waals surface area contributed by atoms with Crippen molar-refractivity contribution in [3.63, 3.8) is 0 Å². The fraction of sp³-hybridized carbons (Fsp3) is 0.600. The van der Waals surface area contributed by atoms with Crippen molar-refractivity contribution in [3.05, 3.63) is 29.8 Å². The van der Waals surface area contributed by atoms with Crippen LogP contribution >= 0.6 is 0 Å². The first-order valence-corrected chi connectivity index (χ1v) is 6.60. The summed E-state index contributed by atoms with van der Waals surface area (Å²) < 4.78 is 5.64. The highest BCUT2D eigenvalue weighted by molar-refractivity contribution is 5.45. The lowest BCUT2D eigenvalue weighted by atomic mass is 10.1. The molecule has 0 radical (unpaired) electrons. The summed E-state index contributed by atoms with van der Waals surface area (Å²) >= 11 is 0. The van der Waals surface area contributed by atoms with Gasteiger partial charge in [-0.25, -0.2) is 0 Å². The smallest absolute Gasteiger partial charge is 0.0639 e. The summed E-state index contributed by atoms with van der Waals surface area (Å²) in [5.41, 5.74) is 2.46. The Morgan fingerprint density at radius 2 is 2.18 bits per heavy atom. The first kappa shape index (κ1) is 14.0. The number of hydrogen-bond donors (Lipinski definition) is 1. The van der Waals surface area contributed by atoms with Crippen LogP contribution < -0.4 is 5.32 Å². The number of benzene rings is 1. The standard InChI is InChI=1S/C15H25NO/c1-4-6-14(3)12-17-10-9-16-15-8-5-7-13(2)11-15/h5,7-8,11,14,16H,4,6,9-10,12H2,1-3H3. The quantitative estimate of drug-likeness (QED) is 0.691. The predicted octanol–water partition coefficient (Wildman–Crippen LogP) is 3.86. The van der Waals surface area contributed by atoms with E-state index in [0.717, 1.165) is 19.8 Å². The number of aryl methyl sites for hydroxylation is 1. The second-order valence-electron chi connectivity index (χ2n) is 4.77. The third-order valence-corrected chi connectivity index (χ3v) is 2.78. The molecule has 1 atom stereocenters. The summed E-state index contributed by atoms with van der Waals surface area (Å²) in [5, 5.41) is 3.37. The highest BCUT2D eigenvalue weighted by atomic mass is 16.5. The van der Waals surface area contributed by atoms with E-state index in [2.05, 4.69) is 50.4 Å². The lowest BCUT2D eigenvalue weighted by Crippen LogP contribution is -2.13. The molecule has 0 bridgehead atoms. The van der Waals surface area contributed by atoms with Gasteiger partial charge < -0.3 is 10.1 Å². The van der Waals surface area contributed by atoms with E-state index in [-0.39, 0.29) is 0 Å². The maximum Gasteiger partial charge on any atom is 0.0639 e. The van der Waals surface area contributed by atoms with Gasteiger partial charge in [-0.3, -0.25) is 0 Å². The molecule has 0 saturated carbocycles. The van der Waals surface area contributed by atoms with Gasteiger partial charge in [0.25, 0.3) is 0 Å². The summed E-state index contributed by atoms with van der Waals surface area (Å²) in [6.07, 6.45) is 2.50. The molecule has 1 aromatic rings. The second kappa shape index (κ2) is 8.13. The Hall–Kier alpha value is -1.02. The zero-order chi connectivity index (χ0) is 12.5. The molecule has 0 spiro atoms. The van der Waals surface area contributed by atoms with Crippen LogP contribution in [0.5, 0.6) is 0 Å². The molecule has 0 aliphatic heterocycles. The molecule has 0 aliphatic rings. The molecule has 0 heterocycles. The van der Waals surface area contributed by atoms with Gasteiger partial charge >= 0.3 is 0 Å². The van der Waals surface area contributed by atoms with E-state index in [1.807, 2.05) is 0 Å². The number of ether oxygens (including phenoxy) is 1. The van der Waals surface area contributed by atoms with Crippen molar-refractivity contribution in [2.75, 3.05) is 25.1 Å². The van der Waals surface area contributed by atoms with Crippen LogP contribution in [0.3, 0.4) is 0 Å². The molecule has 0 saturated heterocycles. The number of nitrogens with one attached hydrogen (secondary N) is 1. The third-order valence-electron chi connectivity index (χ3n) is 2.78. The molecule has 0 fully saturated rings. The summed E-state index contributed by atoms with van der Waals surface area (Å²) in [5.74, 6) is 0.680. The topological polar surface area (TPSA) is 21.3 Å². The molecule has 96 valence electrons. The van der Waals surface area contributed by atoms with E-state index < -0.39 is 0 Å². The van der Waals surface area contributed by atoms with Gasteiger partial charge in [-0.1, -0.05) is 32.4 Å². The first-order valence-electron chi connectivity index (χ1n) is 6.60. The maximum absolute atomic E-state index is 5.64. The van der Waals surface area contributed by atoms with Crippen LogP contribution in [0.25, 0.3) is 0 Å². The van der Waals surface area contributed by atoms with Crippen LogP contribution in [0, 0.1) is 12.8 Å². The molecule has 0 amide bonds. The minimum Gasteiger partial charge on any atom is -0.383 e. The van der Waals surface area contributed by atoms with Crippen molar-refractivity contribution >= 4 is 5.69 Å². The van der Waals surface area contributed by atoms with E-state index in [1.165, 1.54) is 24.1 Å². The average Bonchev–Trinajstić information content (AvgIpc) is 2.29. The molecule has 1 N–H and O–H groups in total. The van der Waals surface area contributed by atoms with E-state index in [9.17, 15) is 0 Å². The molecule has 1 unspecified atom stereocenters. The number of hydrogen-bond acceptors (Lipinski definition) is 2. The Morgan fingerprint density at radius 3 is 2.88 bits per heavy atom. The van der Waals surface area contributed by atoms with Crippen LogP contribution in [0.4, 0.5) is 5.69 Å². The molecular weight excluding hydrogens is 210 g/mol. The van der Waals surface area contributed by atoms with E-state index in [1.54, 1.807) is 0 Å². The summed E-state index contributed by atoms with van der Waals surface area (Å²) in [4.78, 5) is 0. The molecule has 1 aromatic carbocycles. The lowest BCUT2D eigenvalue weighted by Gasteiger charge is -2.11. The van der Waals surface area contributed by atoms with Crippen LogP contribution in [-0.2, 0) is 4.74 Å². The summed E-state index contributed by atoms with van der Waals surface area (Å²) in [6, 6.07) is 8.42. The van der Waals surface area contributed by atoms with Crippen molar-refractivity contribution in [3.8, 4) is 0 Å². The van der Waals surface area contributed by atoms with Crippen LogP contribution in [-0.4, -0.2) is 19.8 Å². The normalized spacial score (nSPS) is 12.4. The van der Waals surface area contributed by atoms with Crippen LogP contribution in [0.2, 0.25) is 0 Å². The zero-order valence-corrected chi connectivity index (χ0v) is 11.3. The van der Waals surface area contributed by atoms with Gasteiger partial charge in [0.15, 0.2) is 0 Å². The number of anilines is 1. The van der Waals surface area contributed by atoms with Gasteiger partial charge in [0.1, 0.15) is 0 Å². The van der Waals surface area contributed by atoms with Gasteiger partial charge in [-0.05, 0) is 37.0 Å². The molecule has 1 rings (SSSR count). The minimum absolute atomic E-state index is 0.680. The Labute approximate surface area is 105 Å². The molecule has 17 heavy (non-hydrogen) atoms. The Morgan fingerprint density at radius 1 is 1.35 bits per heavy atom. The fourth-order valence-corrected chi connectivity index (χ4v) is 1.88. The van der Waals surface area contributed by atoms with Crippen molar-refractivity contribution in [1.29, 1.82) is 0 Å². The van der Waals surface area contributed by atoms with Gasteiger partial charge in [-0.15, -0.1) is 0 Å². The van der Waals surface area contributed by atoms with Crippen LogP contribution in [0.1, 0.15) is 32.3 Å². The fourth-order valence-electron chi connectivity index (χ4n) is 1.88. The zero-order valence-electron chi connectivity index (χ0n) is 11.3. The molecule has 2 nitrogen and oxygen atoms in total.